The first kappa shape index (κ1) is 22.0. The molecule has 0 aromatic heterocycles. The lowest BCUT2D eigenvalue weighted by molar-refractivity contribution is 0.0846. The van der Waals surface area contributed by atoms with Gasteiger partial charge in [0, 0.05) is 11.1 Å². The number of hydrogen-bond acceptors (Lipinski definition) is 6. The van der Waals surface area contributed by atoms with Crippen LogP contribution >= 0.6 is 0 Å². The minimum Gasteiger partial charge on any atom is -0.494 e. The van der Waals surface area contributed by atoms with Gasteiger partial charge in [0.1, 0.15) is 31.3 Å². The van der Waals surface area contributed by atoms with Crippen molar-refractivity contribution in [3.05, 3.63) is 83.4 Å². The van der Waals surface area contributed by atoms with Crippen LogP contribution in [0.5, 0.6) is 23.0 Å². The number of rotatable bonds is 7. The van der Waals surface area contributed by atoms with E-state index in [1.807, 2.05) is 31.2 Å². The van der Waals surface area contributed by atoms with Gasteiger partial charge in [-0.25, -0.2) is 0 Å². The molecule has 0 spiro atoms. The van der Waals surface area contributed by atoms with E-state index in [0.29, 0.717) is 49.1 Å². The average molecular weight is 448 g/mol. The predicted octanol–water partition coefficient (Wildman–Crippen LogP) is 3.51. The molecule has 0 saturated carbocycles. The van der Waals surface area contributed by atoms with Crippen molar-refractivity contribution in [1.29, 1.82) is 0 Å². The van der Waals surface area contributed by atoms with Gasteiger partial charge in [0.15, 0.2) is 11.5 Å². The van der Waals surface area contributed by atoms with Crippen molar-refractivity contribution < 1.29 is 28.5 Å². The van der Waals surface area contributed by atoms with Gasteiger partial charge in [-0.15, -0.1) is 0 Å². The Bertz CT molecular complexity index is 1110. The average Bonchev–Trinajstić information content (AvgIpc) is 2.87. The van der Waals surface area contributed by atoms with Crippen LogP contribution in [0.1, 0.15) is 33.2 Å². The van der Waals surface area contributed by atoms with E-state index in [9.17, 15) is 9.59 Å². The van der Waals surface area contributed by atoms with Crippen molar-refractivity contribution in [1.82, 2.24) is 10.9 Å². The number of fused-ring (bicyclic) bond motifs is 1. The third-order valence-electron chi connectivity index (χ3n) is 4.85. The van der Waals surface area contributed by atoms with Crippen LogP contribution in [0.2, 0.25) is 0 Å². The predicted molar refractivity (Wildman–Crippen MR) is 121 cm³/mol. The maximum Gasteiger partial charge on any atom is 0.269 e. The molecule has 0 unspecified atom stereocenters. The quantitative estimate of drug-likeness (QED) is 0.537. The molecule has 0 aliphatic carbocycles. The lowest BCUT2D eigenvalue weighted by atomic mass is 10.1. The highest BCUT2D eigenvalue weighted by Crippen LogP contribution is 2.30. The molecule has 1 aliphatic rings. The molecule has 8 nitrogen and oxygen atoms in total. The van der Waals surface area contributed by atoms with Crippen molar-refractivity contribution in [2.24, 2.45) is 0 Å². The van der Waals surface area contributed by atoms with Crippen LogP contribution in [0.25, 0.3) is 0 Å². The zero-order valence-electron chi connectivity index (χ0n) is 18.1. The fraction of sp³-hybridized carbons (Fsp3) is 0.200. The van der Waals surface area contributed by atoms with Gasteiger partial charge in [0.05, 0.1) is 6.61 Å². The standard InChI is InChI=1S/C25H24N2O6/c1-2-30-20-8-10-21(11-9-20)33-16-17-3-5-18(6-4-17)24(28)26-27-25(29)19-7-12-22-23(15-19)32-14-13-31-22/h3-12,15H,2,13-14,16H2,1H3,(H,26,28)(H,27,29). The summed E-state index contributed by atoms with van der Waals surface area (Å²) in [4.78, 5) is 24.7. The van der Waals surface area contributed by atoms with Crippen LogP contribution in [0.4, 0.5) is 0 Å². The Morgan fingerprint density at radius 3 is 2.00 bits per heavy atom. The molecule has 170 valence electrons. The Morgan fingerprint density at radius 1 is 0.758 bits per heavy atom. The maximum atomic E-state index is 12.4. The highest BCUT2D eigenvalue weighted by atomic mass is 16.6. The van der Waals surface area contributed by atoms with Crippen LogP contribution in [-0.4, -0.2) is 31.6 Å². The summed E-state index contributed by atoms with van der Waals surface area (Å²) in [5.74, 6) is 1.72. The Hall–Kier alpha value is -4.20. The van der Waals surface area contributed by atoms with Crippen LogP contribution in [0.3, 0.4) is 0 Å². The summed E-state index contributed by atoms with van der Waals surface area (Å²) in [5, 5.41) is 0. The van der Waals surface area contributed by atoms with Crippen molar-refractivity contribution >= 4 is 11.8 Å². The molecule has 0 saturated heterocycles. The van der Waals surface area contributed by atoms with E-state index >= 15 is 0 Å². The Balaban J connectivity index is 1.27. The van der Waals surface area contributed by atoms with E-state index in [4.69, 9.17) is 18.9 Å². The van der Waals surface area contributed by atoms with E-state index in [2.05, 4.69) is 10.9 Å². The first-order valence-corrected chi connectivity index (χ1v) is 10.6. The number of carbonyl (C=O) groups excluding carboxylic acids is 2. The maximum absolute atomic E-state index is 12.4. The van der Waals surface area contributed by atoms with E-state index in [-0.39, 0.29) is 0 Å². The van der Waals surface area contributed by atoms with Gasteiger partial charge in [-0.1, -0.05) is 12.1 Å². The van der Waals surface area contributed by atoms with Gasteiger partial charge in [-0.05, 0) is 67.1 Å². The molecule has 0 bridgehead atoms. The van der Waals surface area contributed by atoms with Gasteiger partial charge in [-0.3, -0.25) is 20.4 Å². The number of nitrogens with one attached hydrogen (secondary N) is 2. The van der Waals surface area contributed by atoms with Crippen LogP contribution in [0, 0.1) is 0 Å². The van der Waals surface area contributed by atoms with Gasteiger partial charge in [0.25, 0.3) is 11.8 Å². The van der Waals surface area contributed by atoms with Crippen molar-refractivity contribution in [2.45, 2.75) is 13.5 Å². The van der Waals surface area contributed by atoms with Crippen LogP contribution in [-0.2, 0) is 6.61 Å². The fourth-order valence-electron chi connectivity index (χ4n) is 3.16. The third kappa shape index (κ3) is 5.74. The fourth-order valence-corrected chi connectivity index (χ4v) is 3.16. The van der Waals surface area contributed by atoms with E-state index in [1.165, 1.54) is 0 Å². The molecule has 33 heavy (non-hydrogen) atoms. The Labute approximate surface area is 191 Å². The minimum absolute atomic E-state index is 0.348. The molecular formula is C25H24N2O6. The third-order valence-corrected chi connectivity index (χ3v) is 4.85. The molecule has 0 fully saturated rings. The Morgan fingerprint density at radius 2 is 1.33 bits per heavy atom. The van der Waals surface area contributed by atoms with E-state index < -0.39 is 11.8 Å². The van der Waals surface area contributed by atoms with Gasteiger partial charge >= 0.3 is 0 Å². The normalized spacial score (nSPS) is 11.9. The number of amides is 2. The lowest BCUT2D eigenvalue weighted by Crippen LogP contribution is -2.41. The molecule has 8 heteroatoms. The zero-order valence-corrected chi connectivity index (χ0v) is 18.1. The summed E-state index contributed by atoms with van der Waals surface area (Å²) in [6.07, 6.45) is 0. The summed E-state index contributed by atoms with van der Waals surface area (Å²) in [6, 6.07) is 19.2. The first-order chi connectivity index (χ1) is 16.1. The zero-order chi connectivity index (χ0) is 23.0. The second-order valence-electron chi connectivity index (χ2n) is 7.16. The van der Waals surface area contributed by atoms with Crippen molar-refractivity contribution in [3.63, 3.8) is 0 Å². The summed E-state index contributed by atoms with van der Waals surface area (Å²) in [6.45, 7) is 3.80. The van der Waals surface area contributed by atoms with Crippen molar-refractivity contribution in [3.8, 4) is 23.0 Å². The number of ether oxygens (including phenoxy) is 4. The van der Waals surface area contributed by atoms with E-state index in [1.54, 1.807) is 42.5 Å². The highest BCUT2D eigenvalue weighted by molar-refractivity contribution is 5.99. The number of hydrogen-bond donors (Lipinski definition) is 2. The first-order valence-electron chi connectivity index (χ1n) is 10.6. The SMILES string of the molecule is CCOc1ccc(OCc2ccc(C(=O)NNC(=O)c3ccc4c(c3)OCCO4)cc2)cc1. The highest BCUT2D eigenvalue weighted by Gasteiger charge is 2.15. The molecule has 2 amide bonds. The molecule has 0 radical (unpaired) electrons. The summed E-state index contributed by atoms with van der Waals surface area (Å²) in [5.41, 5.74) is 6.48. The largest absolute Gasteiger partial charge is 0.494 e. The van der Waals surface area contributed by atoms with Crippen molar-refractivity contribution in [2.75, 3.05) is 19.8 Å². The summed E-state index contributed by atoms with van der Waals surface area (Å²) in [7, 11) is 0. The molecular weight excluding hydrogens is 424 g/mol. The van der Waals surface area contributed by atoms with Crippen LogP contribution in [0.15, 0.2) is 66.7 Å². The number of carbonyl (C=O) groups is 2. The van der Waals surface area contributed by atoms with Gasteiger partial charge in [0.2, 0.25) is 0 Å². The molecule has 0 atom stereocenters. The molecule has 1 heterocycles. The molecule has 1 aliphatic heterocycles. The second kappa shape index (κ2) is 10.4. The minimum atomic E-state index is -0.458. The molecule has 3 aromatic rings. The number of benzene rings is 3. The second-order valence-corrected chi connectivity index (χ2v) is 7.16. The van der Waals surface area contributed by atoms with Gasteiger partial charge in [-0.2, -0.15) is 0 Å². The van der Waals surface area contributed by atoms with Crippen LogP contribution < -0.4 is 29.8 Å². The number of hydrazine groups is 1. The topological polar surface area (TPSA) is 95.1 Å². The lowest BCUT2D eigenvalue weighted by Gasteiger charge is -2.18. The monoisotopic (exact) mass is 448 g/mol. The molecule has 2 N–H and O–H groups in total. The smallest absolute Gasteiger partial charge is 0.269 e. The molecule has 4 rings (SSSR count). The Kier molecular flexibility index (Phi) is 6.94. The summed E-state index contributed by atoms with van der Waals surface area (Å²) < 4.78 is 22.1. The van der Waals surface area contributed by atoms with E-state index in [0.717, 1.165) is 17.1 Å². The molecule has 3 aromatic carbocycles. The van der Waals surface area contributed by atoms with Gasteiger partial charge < -0.3 is 18.9 Å². The summed E-state index contributed by atoms with van der Waals surface area (Å²) >= 11 is 0.